The molecule has 0 saturated heterocycles. The highest BCUT2D eigenvalue weighted by atomic mass is 127. The van der Waals surface area contributed by atoms with Gasteiger partial charge in [0.2, 0.25) is 0 Å². The van der Waals surface area contributed by atoms with Crippen LogP contribution in [-0.4, -0.2) is 22.7 Å². The zero-order chi connectivity index (χ0) is 10.4. The molecule has 0 aliphatic rings. The maximum absolute atomic E-state index is 9.87. The highest BCUT2D eigenvalue weighted by Gasteiger charge is 2.13. The normalized spacial score (nSPS) is 15.1. The lowest BCUT2D eigenvalue weighted by Gasteiger charge is -2.17. The second-order valence-corrected chi connectivity index (χ2v) is 4.05. The number of rotatable bonds is 5. The number of hydrogen-bond donors (Lipinski definition) is 1. The van der Waals surface area contributed by atoms with Crippen LogP contribution in [0.5, 0.6) is 0 Å². The van der Waals surface area contributed by atoms with Crippen molar-refractivity contribution in [2.75, 3.05) is 11.5 Å². The lowest BCUT2D eigenvalue weighted by atomic mass is 10.0. The van der Waals surface area contributed by atoms with Crippen LogP contribution >= 0.6 is 22.6 Å². The lowest BCUT2D eigenvalue weighted by molar-refractivity contribution is 0.0603. The Hall–Kier alpha value is -0.130. The molecule has 1 aromatic carbocycles. The first-order chi connectivity index (χ1) is 6.77. The van der Waals surface area contributed by atoms with E-state index in [2.05, 4.69) is 22.6 Å². The van der Waals surface area contributed by atoms with E-state index in [4.69, 9.17) is 4.74 Å². The maximum Gasteiger partial charge on any atom is 0.0815 e. The van der Waals surface area contributed by atoms with Gasteiger partial charge in [-0.3, -0.25) is 0 Å². The van der Waals surface area contributed by atoms with Crippen molar-refractivity contribution in [1.82, 2.24) is 0 Å². The number of aliphatic hydroxyl groups excluding tert-OH is 1. The minimum Gasteiger partial charge on any atom is -0.388 e. The minimum atomic E-state index is -0.420. The molecule has 0 amide bonds. The molecule has 2 atom stereocenters. The van der Waals surface area contributed by atoms with Crippen molar-refractivity contribution in [1.29, 1.82) is 0 Å². The number of alkyl halides is 1. The SMILES string of the molecule is CO[C@@H](CI)C[C@H](O)c1ccccc1. The molecule has 1 rings (SSSR count). The molecule has 0 spiro atoms. The van der Waals surface area contributed by atoms with E-state index in [0.29, 0.717) is 6.42 Å². The van der Waals surface area contributed by atoms with Crippen LogP contribution < -0.4 is 0 Å². The molecule has 0 radical (unpaired) electrons. The molecule has 0 aromatic heterocycles. The van der Waals surface area contributed by atoms with Gasteiger partial charge in [0.1, 0.15) is 0 Å². The van der Waals surface area contributed by atoms with Crippen LogP contribution in [0, 0.1) is 0 Å². The van der Waals surface area contributed by atoms with Gasteiger partial charge in [-0.25, -0.2) is 0 Å². The summed E-state index contributed by atoms with van der Waals surface area (Å²) >= 11 is 2.27. The Morgan fingerprint density at radius 3 is 2.50 bits per heavy atom. The van der Waals surface area contributed by atoms with Gasteiger partial charge in [-0.05, 0) is 5.56 Å². The summed E-state index contributed by atoms with van der Waals surface area (Å²) < 4.78 is 6.13. The van der Waals surface area contributed by atoms with Gasteiger partial charge in [-0.2, -0.15) is 0 Å². The molecule has 0 aliphatic carbocycles. The first kappa shape index (κ1) is 11.9. The smallest absolute Gasteiger partial charge is 0.0815 e. The van der Waals surface area contributed by atoms with Crippen molar-refractivity contribution in [2.24, 2.45) is 0 Å². The van der Waals surface area contributed by atoms with E-state index < -0.39 is 6.10 Å². The number of aliphatic hydroxyl groups is 1. The third kappa shape index (κ3) is 3.55. The largest absolute Gasteiger partial charge is 0.388 e. The van der Waals surface area contributed by atoms with Gasteiger partial charge in [0.25, 0.3) is 0 Å². The standard InChI is InChI=1S/C11H15IO2/c1-14-10(8-12)7-11(13)9-5-3-2-4-6-9/h2-6,10-11,13H,7-8H2,1H3/t10-,11+/m1/s1. The van der Waals surface area contributed by atoms with Gasteiger partial charge in [-0.15, -0.1) is 0 Å². The Bertz CT molecular complexity index is 247. The van der Waals surface area contributed by atoms with Gasteiger partial charge in [0.15, 0.2) is 0 Å². The molecular weight excluding hydrogens is 291 g/mol. The number of methoxy groups -OCH3 is 1. The fourth-order valence-corrected chi connectivity index (χ4v) is 2.00. The van der Waals surface area contributed by atoms with E-state index in [-0.39, 0.29) is 6.10 Å². The van der Waals surface area contributed by atoms with Crippen LogP contribution in [0.3, 0.4) is 0 Å². The highest BCUT2D eigenvalue weighted by Crippen LogP contribution is 2.19. The lowest BCUT2D eigenvalue weighted by Crippen LogP contribution is -2.16. The molecule has 1 N–H and O–H groups in total. The van der Waals surface area contributed by atoms with E-state index in [0.717, 1.165) is 9.99 Å². The van der Waals surface area contributed by atoms with Crippen molar-refractivity contribution < 1.29 is 9.84 Å². The predicted molar refractivity (Wildman–Crippen MR) is 65.7 cm³/mol. The summed E-state index contributed by atoms with van der Waals surface area (Å²) in [7, 11) is 1.68. The first-order valence-electron chi connectivity index (χ1n) is 4.59. The fourth-order valence-electron chi connectivity index (χ4n) is 1.28. The summed E-state index contributed by atoms with van der Waals surface area (Å²) in [6.07, 6.45) is 0.366. The van der Waals surface area contributed by atoms with E-state index in [1.165, 1.54) is 0 Å². The van der Waals surface area contributed by atoms with Crippen LogP contribution in [0.25, 0.3) is 0 Å². The third-order valence-corrected chi connectivity index (χ3v) is 3.16. The quantitative estimate of drug-likeness (QED) is 0.669. The molecular formula is C11H15IO2. The zero-order valence-corrected chi connectivity index (χ0v) is 10.3. The molecule has 1 aromatic rings. The Morgan fingerprint density at radius 2 is 2.00 bits per heavy atom. The van der Waals surface area contributed by atoms with Crippen LogP contribution in [0.15, 0.2) is 30.3 Å². The van der Waals surface area contributed by atoms with Gasteiger partial charge in [0, 0.05) is 18.0 Å². The Balaban J connectivity index is 2.54. The van der Waals surface area contributed by atoms with E-state index in [1.807, 2.05) is 30.3 Å². The predicted octanol–water partition coefficient (Wildman–Crippen LogP) is 2.56. The number of benzene rings is 1. The molecule has 0 bridgehead atoms. The summed E-state index contributed by atoms with van der Waals surface area (Å²) in [5.41, 5.74) is 0.958. The second kappa shape index (κ2) is 6.37. The summed E-state index contributed by atoms with van der Waals surface area (Å²) in [5, 5.41) is 9.87. The van der Waals surface area contributed by atoms with Crippen molar-refractivity contribution in [2.45, 2.75) is 18.6 Å². The highest BCUT2D eigenvalue weighted by molar-refractivity contribution is 14.1. The fraction of sp³-hybridized carbons (Fsp3) is 0.455. The van der Waals surface area contributed by atoms with Crippen molar-refractivity contribution in [3.63, 3.8) is 0 Å². The topological polar surface area (TPSA) is 29.5 Å². The third-order valence-electron chi connectivity index (χ3n) is 2.18. The molecule has 3 heteroatoms. The Kier molecular flexibility index (Phi) is 5.44. The van der Waals surface area contributed by atoms with Crippen LogP contribution in [0.4, 0.5) is 0 Å². The zero-order valence-electron chi connectivity index (χ0n) is 8.19. The average Bonchev–Trinajstić information content (AvgIpc) is 2.26. The average molecular weight is 306 g/mol. The molecule has 78 valence electrons. The second-order valence-electron chi connectivity index (χ2n) is 3.17. The van der Waals surface area contributed by atoms with Crippen molar-refractivity contribution in [3.05, 3.63) is 35.9 Å². The summed E-state index contributed by atoms with van der Waals surface area (Å²) in [5.74, 6) is 0. The maximum atomic E-state index is 9.87. The summed E-state index contributed by atoms with van der Waals surface area (Å²) in [4.78, 5) is 0. The molecule has 14 heavy (non-hydrogen) atoms. The molecule has 0 aliphatic heterocycles. The van der Waals surface area contributed by atoms with Gasteiger partial charge in [0.05, 0.1) is 12.2 Å². The van der Waals surface area contributed by atoms with Crippen LogP contribution in [-0.2, 0) is 4.74 Å². The van der Waals surface area contributed by atoms with Crippen LogP contribution in [0.1, 0.15) is 18.1 Å². The van der Waals surface area contributed by atoms with Gasteiger partial charge < -0.3 is 9.84 Å². The molecule has 0 fully saturated rings. The summed E-state index contributed by atoms with van der Waals surface area (Å²) in [6, 6.07) is 9.69. The van der Waals surface area contributed by atoms with Crippen molar-refractivity contribution >= 4 is 22.6 Å². The molecule has 0 saturated carbocycles. The van der Waals surface area contributed by atoms with E-state index >= 15 is 0 Å². The number of hydrogen-bond acceptors (Lipinski definition) is 2. The van der Waals surface area contributed by atoms with E-state index in [1.54, 1.807) is 7.11 Å². The molecule has 0 heterocycles. The monoisotopic (exact) mass is 306 g/mol. The minimum absolute atomic E-state index is 0.130. The number of halogens is 1. The molecule has 0 unspecified atom stereocenters. The first-order valence-corrected chi connectivity index (χ1v) is 6.12. The Labute approximate surface area is 98.4 Å². The van der Waals surface area contributed by atoms with Crippen LogP contribution in [0.2, 0.25) is 0 Å². The summed E-state index contributed by atoms with van der Waals surface area (Å²) in [6.45, 7) is 0. The van der Waals surface area contributed by atoms with Gasteiger partial charge in [-0.1, -0.05) is 52.9 Å². The van der Waals surface area contributed by atoms with Crippen molar-refractivity contribution in [3.8, 4) is 0 Å². The number of ether oxygens (including phenoxy) is 1. The Morgan fingerprint density at radius 1 is 1.36 bits per heavy atom. The van der Waals surface area contributed by atoms with Gasteiger partial charge >= 0.3 is 0 Å². The molecule has 2 nitrogen and oxygen atoms in total. The van der Waals surface area contributed by atoms with E-state index in [9.17, 15) is 5.11 Å².